The molecule has 0 atom stereocenters. The van der Waals surface area contributed by atoms with Crippen molar-refractivity contribution in [2.24, 2.45) is 0 Å². The SMILES string of the molecule is O=C(Nc1cccc(O)c1)/C(=C/c1ccc(Br)cc1)NC(=O)c1ccccc1. The largest absolute Gasteiger partial charge is 0.508 e. The lowest BCUT2D eigenvalue weighted by atomic mass is 10.1. The van der Waals surface area contributed by atoms with Crippen LogP contribution in [-0.4, -0.2) is 16.9 Å². The molecule has 3 rings (SSSR count). The number of rotatable bonds is 5. The molecule has 0 spiro atoms. The van der Waals surface area contributed by atoms with E-state index in [2.05, 4.69) is 26.6 Å². The Labute approximate surface area is 170 Å². The minimum atomic E-state index is -0.502. The fourth-order valence-corrected chi connectivity index (χ4v) is 2.71. The van der Waals surface area contributed by atoms with Crippen molar-refractivity contribution in [2.45, 2.75) is 0 Å². The third kappa shape index (κ3) is 5.31. The van der Waals surface area contributed by atoms with Crippen LogP contribution in [-0.2, 0) is 4.79 Å². The first-order valence-corrected chi connectivity index (χ1v) is 9.24. The van der Waals surface area contributed by atoms with Gasteiger partial charge in [-0.3, -0.25) is 9.59 Å². The number of amides is 2. The van der Waals surface area contributed by atoms with Crippen molar-refractivity contribution >= 4 is 39.5 Å². The fraction of sp³-hybridized carbons (Fsp3) is 0. The van der Waals surface area contributed by atoms with Gasteiger partial charge >= 0.3 is 0 Å². The second-order valence-electron chi connectivity index (χ2n) is 5.93. The summed E-state index contributed by atoms with van der Waals surface area (Å²) in [6, 6.07) is 22.2. The molecule has 3 aromatic carbocycles. The highest BCUT2D eigenvalue weighted by Gasteiger charge is 2.15. The van der Waals surface area contributed by atoms with Gasteiger partial charge in [-0.25, -0.2) is 0 Å². The maximum absolute atomic E-state index is 12.8. The van der Waals surface area contributed by atoms with E-state index in [-0.39, 0.29) is 11.4 Å². The van der Waals surface area contributed by atoms with Gasteiger partial charge in [-0.15, -0.1) is 0 Å². The molecule has 3 N–H and O–H groups in total. The second kappa shape index (κ2) is 9.01. The summed E-state index contributed by atoms with van der Waals surface area (Å²) in [6.07, 6.45) is 1.59. The normalized spacial score (nSPS) is 11.0. The number of carbonyl (C=O) groups is 2. The van der Waals surface area contributed by atoms with Crippen LogP contribution in [0.5, 0.6) is 5.75 Å². The van der Waals surface area contributed by atoms with Crippen LogP contribution in [0.2, 0.25) is 0 Å². The molecule has 0 saturated carbocycles. The van der Waals surface area contributed by atoms with E-state index in [0.717, 1.165) is 10.0 Å². The minimum absolute atomic E-state index is 0.0320. The third-order valence-electron chi connectivity index (χ3n) is 3.81. The molecule has 0 bridgehead atoms. The Morgan fingerprint density at radius 1 is 0.893 bits per heavy atom. The lowest BCUT2D eigenvalue weighted by Gasteiger charge is -2.11. The molecular formula is C22H17BrN2O3. The highest BCUT2D eigenvalue weighted by Crippen LogP contribution is 2.17. The summed E-state index contributed by atoms with van der Waals surface area (Å²) in [5.74, 6) is -0.864. The Hall–Kier alpha value is -3.38. The highest BCUT2D eigenvalue weighted by molar-refractivity contribution is 9.10. The molecule has 2 amide bonds. The summed E-state index contributed by atoms with van der Waals surface area (Å²) in [4.78, 5) is 25.3. The van der Waals surface area contributed by atoms with Crippen LogP contribution in [0.3, 0.4) is 0 Å². The van der Waals surface area contributed by atoms with Gasteiger partial charge in [0.05, 0.1) is 0 Å². The number of nitrogens with one attached hydrogen (secondary N) is 2. The molecule has 5 nitrogen and oxygen atoms in total. The van der Waals surface area contributed by atoms with E-state index in [1.807, 2.05) is 30.3 Å². The van der Waals surface area contributed by atoms with Gasteiger partial charge in [0.2, 0.25) is 0 Å². The van der Waals surface area contributed by atoms with Gasteiger partial charge in [-0.2, -0.15) is 0 Å². The molecule has 0 aliphatic rings. The zero-order valence-electron chi connectivity index (χ0n) is 14.7. The number of carbonyl (C=O) groups excluding carboxylic acids is 2. The summed E-state index contributed by atoms with van der Waals surface area (Å²) < 4.78 is 0.906. The number of halogens is 1. The predicted octanol–water partition coefficient (Wildman–Crippen LogP) is 4.56. The number of phenolic OH excluding ortho intramolecular Hbond substituents is 1. The van der Waals surface area contributed by atoms with Crippen LogP contribution in [0.15, 0.2) is 89.0 Å². The van der Waals surface area contributed by atoms with Crippen molar-refractivity contribution in [3.05, 3.63) is 100 Å². The molecule has 0 fully saturated rings. The van der Waals surface area contributed by atoms with E-state index in [1.165, 1.54) is 12.1 Å². The number of phenols is 1. The summed E-state index contributed by atoms with van der Waals surface area (Å²) in [7, 11) is 0. The predicted molar refractivity (Wildman–Crippen MR) is 113 cm³/mol. The van der Waals surface area contributed by atoms with Gasteiger partial charge in [0, 0.05) is 21.8 Å². The summed E-state index contributed by atoms with van der Waals surface area (Å²) in [5.41, 5.74) is 1.69. The molecule has 140 valence electrons. The van der Waals surface area contributed by atoms with Gasteiger partial charge in [0.25, 0.3) is 11.8 Å². The lowest BCUT2D eigenvalue weighted by molar-refractivity contribution is -0.113. The number of hydrogen-bond acceptors (Lipinski definition) is 3. The van der Waals surface area contributed by atoms with Crippen molar-refractivity contribution in [3.63, 3.8) is 0 Å². The van der Waals surface area contributed by atoms with Crippen molar-refractivity contribution < 1.29 is 14.7 Å². The summed E-state index contributed by atoms with van der Waals surface area (Å²) in [5, 5.41) is 14.9. The molecule has 3 aromatic rings. The number of aromatic hydroxyl groups is 1. The molecule has 6 heteroatoms. The number of hydrogen-bond donors (Lipinski definition) is 3. The van der Waals surface area contributed by atoms with Crippen LogP contribution in [0.4, 0.5) is 5.69 Å². The van der Waals surface area contributed by atoms with Crippen molar-refractivity contribution in [2.75, 3.05) is 5.32 Å². The zero-order chi connectivity index (χ0) is 19.9. The average molecular weight is 437 g/mol. The van der Waals surface area contributed by atoms with E-state index in [0.29, 0.717) is 11.3 Å². The van der Waals surface area contributed by atoms with E-state index in [9.17, 15) is 14.7 Å². The first kappa shape index (κ1) is 19.4. The fourth-order valence-electron chi connectivity index (χ4n) is 2.45. The molecule has 0 saturated heterocycles. The van der Waals surface area contributed by atoms with E-state index in [4.69, 9.17) is 0 Å². The summed E-state index contributed by atoms with van der Waals surface area (Å²) >= 11 is 3.37. The lowest BCUT2D eigenvalue weighted by Crippen LogP contribution is -2.30. The van der Waals surface area contributed by atoms with E-state index in [1.54, 1.807) is 42.5 Å². The molecular weight excluding hydrogens is 420 g/mol. The maximum Gasteiger partial charge on any atom is 0.272 e. The Bertz CT molecular complexity index is 1020. The molecule has 0 unspecified atom stereocenters. The number of anilines is 1. The Balaban J connectivity index is 1.88. The van der Waals surface area contributed by atoms with Gasteiger partial charge in [0.1, 0.15) is 11.4 Å². The Kier molecular flexibility index (Phi) is 6.24. The molecule has 0 aliphatic heterocycles. The maximum atomic E-state index is 12.8. The Morgan fingerprint density at radius 3 is 2.29 bits per heavy atom. The van der Waals surface area contributed by atoms with Crippen LogP contribution >= 0.6 is 15.9 Å². The second-order valence-corrected chi connectivity index (χ2v) is 6.85. The quantitative estimate of drug-likeness (QED) is 0.512. The van der Waals surface area contributed by atoms with Crippen LogP contribution in [0.25, 0.3) is 6.08 Å². The van der Waals surface area contributed by atoms with Crippen LogP contribution in [0.1, 0.15) is 15.9 Å². The topological polar surface area (TPSA) is 78.4 Å². The van der Waals surface area contributed by atoms with Crippen molar-refractivity contribution in [3.8, 4) is 5.75 Å². The van der Waals surface area contributed by atoms with Crippen LogP contribution in [0, 0.1) is 0 Å². The smallest absolute Gasteiger partial charge is 0.272 e. The molecule has 0 radical (unpaired) electrons. The first-order chi connectivity index (χ1) is 13.5. The van der Waals surface area contributed by atoms with Crippen LogP contribution < -0.4 is 10.6 Å². The van der Waals surface area contributed by atoms with E-state index < -0.39 is 11.8 Å². The third-order valence-corrected chi connectivity index (χ3v) is 4.34. The summed E-state index contributed by atoms with van der Waals surface area (Å²) in [6.45, 7) is 0. The van der Waals surface area contributed by atoms with Crippen molar-refractivity contribution in [1.82, 2.24) is 5.32 Å². The average Bonchev–Trinajstić information content (AvgIpc) is 2.69. The van der Waals surface area contributed by atoms with Gasteiger partial charge in [-0.1, -0.05) is 52.3 Å². The monoisotopic (exact) mass is 436 g/mol. The molecule has 0 aliphatic carbocycles. The van der Waals surface area contributed by atoms with Gasteiger partial charge in [-0.05, 0) is 48.0 Å². The van der Waals surface area contributed by atoms with Gasteiger partial charge < -0.3 is 15.7 Å². The number of benzene rings is 3. The standard InChI is InChI=1S/C22H17BrN2O3/c23-17-11-9-15(10-12-17)13-20(25-21(27)16-5-2-1-3-6-16)22(28)24-18-7-4-8-19(26)14-18/h1-14,26H,(H,24,28)(H,25,27)/b20-13-. The van der Waals surface area contributed by atoms with E-state index >= 15 is 0 Å². The highest BCUT2D eigenvalue weighted by atomic mass is 79.9. The molecule has 0 aromatic heterocycles. The molecule has 28 heavy (non-hydrogen) atoms. The zero-order valence-corrected chi connectivity index (χ0v) is 16.3. The first-order valence-electron chi connectivity index (χ1n) is 8.45. The molecule has 0 heterocycles. The van der Waals surface area contributed by atoms with Crippen molar-refractivity contribution in [1.29, 1.82) is 0 Å². The Morgan fingerprint density at radius 2 is 1.61 bits per heavy atom. The van der Waals surface area contributed by atoms with Gasteiger partial charge in [0.15, 0.2) is 0 Å². The minimum Gasteiger partial charge on any atom is -0.508 e.